The van der Waals surface area contributed by atoms with Gasteiger partial charge in [0.2, 0.25) is 0 Å². The van der Waals surface area contributed by atoms with Gasteiger partial charge in [-0.05, 0) is 29.8 Å². The van der Waals surface area contributed by atoms with E-state index in [0.29, 0.717) is 12.2 Å². The summed E-state index contributed by atoms with van der Waals surface area (Å²) in [7, 11) is 0. The van der Waals surface area contributed by atoms with Crippen LogP contribution in [0, 0.1) is 11.6 Å². The summed E-state index contributed by atoms with van der Waals surface area (Å²) in [6.07, 6.45) is 0. The van der Waals surface area contributed by atoms with Gasteiger partial charge in [0.1, 0.15) is 11.6 Å². The zero-order valence-electron chi connectivity index (χ0n) is 10.5. The molecule has 0 heterocycles. The number of carbonyl (C=O) groups is 1. The van der Waals surface area contributed by atoms with Crippen LogP contribution in [0.15, 0.2) is 42.5 Å². The SMILES string of the molecule is NCc1ccc(NC(=O)Nc2cc(F)ccc2F)cc1. The van der Waals surface area contributed by atoms with Crippen molar-refractivity contribution >= 4 is 17.4 Å². The van der Waals surface area contributed by atoms with Crippen LogP contribution in [0.25, 0.3) is 0 Å². The van der Waals surface area contributed by atoms with Crippen LogP contribution in [0.2, 0.25) is 0 Å². The fourth-order valence-electron chi connectivity index (χ4n) is 1.60. The predicted octanol–water partition coefficient (Wildman–Crippen LogP) is 3.07. The lowest BCUT2D eigenvalue weighted by Gasteiger charge is -2.09. The van der Waals surface area contributed by atoms with Crippen LogP contribution in [-0.2, 0) is 6.54 Å². The lowest BCUT2D eigenvalue weighted by molar-refractivity contribution is 0.262. The number of rotatable bonds is 3. The second-order valence-corrected chi connectivity index (χ2v) is 4.10. The van der Waals surface area contributed by atoms with Gasteiger partial charge in [0.15, 0.2) is 0 Å². The maximum Gasteiger partial charge on any atom is 0.323 e. The molecule has 2 aromatic rings. The number of carbonyl (C=O) groups excluding carboxylic acids is 1. The van der Waals surface area contributed by atoms with E-state index in [1.54, 1.807) is 24.3 Å². The van der Waals surface area contributed by atoms with E-state index in [0.717, 1.165) is 23.8 Å². The smallest absolute Gasteiger partial charge is 0.323 e. The Bertz CT molecular complexity index is 614. The Morgan fingerprint density at radius 2 is 1.75 bits per heavy atom. The number of nitrogens with one attached hydrogen (secondary N) is 2. The van der Waals surface area contributed by atoms with Gasteiger partial charge in [-0.1, -0.05) is 12.1 Å². The number of halogens is 2. The molecule has 0 radical (unpaired) electrons. The third-order valence-electron chi connectivity index (χ3n) is 2.62. The first-order chi connectivity index (χ1) is 9.58. The number of anilines is 2. The van der Waals surface area contributed by atoms with Gasteiger partial charge in [-0.3, -0.25) is 0 Å². The molecular formula is C14H13F2N3O. The average Bonchev–Trinajstić information content (AvgIpc) is 2.43. The number of benzene rings is 2. The first-order valence-corrected chi connectivity index (χ1v) is 5.90. The summed E-state index contributed by atoms with van der Waals surface area (Å²) in [5.41, 5.74) is 6.68. The maximum absolute atomic E-state index is 13.3. The molecule has 0 spiro atoms. The topological polar surface area (TPSA) is 67.1 Å². The van der Waals surface area contributed by atoms with Crippen LogP contribution >= 0.6 is 0 Å². The Morgan fingerprint density at radius 1 is 1.05 bits per heavy atom. The van der Waals surface area contributed by atoms with E-state index in [4.69, 9.17) is 5.73 Å². The van der Waals surface area contributed by atoms with Gasteiger partial charge in [0, 0.05) is 18.3 Å². The number of amides is 2. The molecule has 0 atom stereocenters. The number of hydrogen-bond acceptors (Lipinski definition) is 2. The van der Waals surface area contributed by atoms with Crippen LogP contribution in [0.3, 0.4) is 0 Å². The Hall–Kier alpha value is -2.47. The van der Waals surface area contributed by atoms with Crippen molar-refractivity contribution in [3.05, 3.63) is 59.7 Å². The van der Waals surface area contributed by atoms with Crippen LogP contribution in [0.5, 0.6) is 0 Å². The standard InChI is InChI=1S/C14H13F2N3O/c15-10-3-6-12(16)13(7-10)19-14(20)18-11-4-1-9(8-17)2-5-11/h1-7H,8,17H2,(H2,18,19,20). The highest BCUT2D eigenvalue weighted by molar-refractivity contribution is 5.99. The maximum atomic E-state index is 13.3. The average molecular weight is 277 g/mol. The number of nitrogens with two attached hydrogens (primary N) is 1. The molecule has 2 rings (SSSR count). The van der Waals surface area contributed by atoms with Crippen LogP contribution in [0.1, 0.15) is 5.56 Å². The predicted molar refractivity (Wildman–Crippen MR) is 73.3 cm³/mol. The van der Waals surface area contributed by atoms with Crippen molar-refractivity contribution in [3.63, 3.8) is 0 Å². The first kappa shape index (κ1) is 14.0. The molecule has 104 valence electrons. The van der Waals surface area contributed by atoms with Crippen LogP contribution < -0.4 is 16.4 Å². The third-order valence-corrected chi connectivity index (χ3v) is 2.62. The number of hydrogen-bond donors (Lipinski definition) is 3. The van der Waals surface area contributed by atoms with E-state index in [1.807, 2.05) is 0 Å². The van der Waals surface area contributed by atoms with Crippen molar-refractivity contribution in [1.82, 2.24) is 0 Å². The Morgan fingerprint density at radius 3 is 2.40 bits per heavy atom. The lowest BCUT2D eigenvalue weighted by atomic mass is 10.2. The van der Waals surface area contributed by atoms with E-state index < -0.39 is 17.7 Å². The molecule has 4 nitrogen and oxygen atoms in total. The minimum absolute atomic E-state index is 0.221. The molecule has 0 aliphatic carbocycles. The molecule has 6 heteroatoms. The fourth-order valence-corrected chi connectivity index (χ4v) is 1.60. The van der Waals surface area contributed by atoms with Gasteiger partial charge in [-0.25, -0.2) is 13.6 Å². The first-order valence-electron chi connectivity index (χ1n) is 5.90. The summed E-state index contributed by atoms with van der Waals surface area (Å²) in [6.45, 7) is 0.404. The highest BCUT2D eigenvalue weighted by Gasteiger charge is 2.08. The lowest BCUT2D eigenvalue weighted by Crippen LogP contribution is -2.20. The highest BCUT2D eigenvalue weighted by Crippen LogP contribution is 2.16. The Labute approximate surface area is 114 Å². The highest BCUT2D eigenvalue weighted by atomic mass is 19.1. The van der Waals surface area contributed by atoms with Gasteiger partial charge < -0.3 is 16.4 Å². The Balaban J connectivity index is 2.03. The zero-order chi connectivity index (χ0) is 14.5. The van der Waals surface area contributed by atoms with E-state index in [2.05, 4.69) is 10.6 Å². The molecule has 4 N–H and O–H groups in total. The molecule has 0 bridgehead atoms. The van der Waals surface area contributed by atoms with Gasteiger partial charge in [0.05, 0.1) is 5.69 Å². The molecule has 20 heavy (non-hydrogen) atoms. The zero-order valence-corrected chi connectivity index (χ0v) is 10.5. The van der Waals surface area contributed by atoms with E-state index in [1.165, 1.54) is 0 Å². The minimum Gasteiger partial charge on any atom is -0.326 e. The summed E-state index contributed by atoms with van der Waals surface area (Å²) in [4.78, 5) is 11.7. The fraction of sp³-hybridized carbons (Fsp3) is 0.0714. The molecule has 0 saturated heterocycles. The second kappa shape index (κ2) is 6.12. The quantitative estimate of drug-likeness (QED) is 0.807. The van der Waals surface area contributed by atoms with Crippen molar-refractivity contribution in [2.24, 2.45) is 5.73 Å². The monoisotopic (exact) mass is 277 g/mol. The van der Waals surface area contributed by atoms with Gasteiger partial charge in [0.25, 0.3) is 0 Å². The summed E-state index contributed by atoms with van der Waals surface area (Å²) in [6, 6.07) is 9.04. The van der Waals surface area contributed by atoms with Crippen molar-refractivity contribution in [2.45, 2.75) is 6.54 Å². The number of urea groups is 1. The van der Waals surface area contributed by atoms with E-state index in [9.17, 15) is 13.6 Å². The van der Waals surface area contributed by atoms with Crippen molar-refractivity contribution < 1.29 is 13.6 Å². The molecule has 2 aromatic carbocycles. The third kappa shape index (κ3) is 3.52. The molecule has 0 unspecified atom stereocenters. The van der Waals surface area contributed by atoms with Crippen LogP contribution in [0.4, 0.5) is 25.0 Å². The van der Waals surface area contributed by atoms with Crippen molar-refractivity contribution in [3.8, 4) is 0 Å². The molecule has 0 aliphatic rings. The van der Waals surface area contributed by atoms with Gasteiger partial charge in [-0.2, -0.15) is 0 Å². The molecule has 2 amide bonds. The van der Waals surface area contributed by atoms with E-state index >= 15 is 0 Å². The van der Waals surface area contributed by atoms with Gasteiger partial charge in [-0.15, -0.1) is 0 Å². The van der Waals surface area contributed by atoms with E-state index in [-0.39, 0.29) is 5.69 Å². The van der Waals surface area contributed by atoms with Gasteiger partial charge >= 0.3 is 6.03 Å². The summed E-state index contributed by atoms with van der Waals surface area (Å²) < 4.78 is 26.3. The Kier molecular flexibility index (Phi) is 4.27. The second-order valence-electron chi connectivity index (χ2n) is 4.10. The molecule has 0 aliphatic heterocycles. The molecular weight excluding hydrogens is 264 g/mol. The minimum atomic E-state index is -0.708. The largest absolute Gasteiger partial charge is 0.326 e. The molecule has 0 fully saturated rings. The normalized spacial score (nSPS) is 10.2. The summed E-state index contributed by atoms with van der Waals surface area (Å²) >= 11 is 0. The van der Waals surface area contributed by atoms with Crippen molar-refractivity contribution in [1.29, 1.82) is 0 Å². The molecule has 0 saturated carbocycles. The molecule has 0 aromatic heterocycles. The van der Waals surface area contributed by atoms with Crippen LogP contribution in [-0.4, -0.2) is 6.03 Å². The van der Waals surface area contributed by atoms with Crippen molar-refractivity contribution in [2.75, 3.05) is 10.6 Å². The summed E-state index contributed by atoms with van der Waals surface area (Å²) in [5, 5.41) is 4.75. The summed E-state index contributed by atoms with van der Waals surface area (Å²) in [5.74, 6) is -1.34.